The van der Waals surface area contributed by atoms with Crippen LogP contribution in [0, 0.1) is 0 Å². The summed E-state index contributed by atoms with van der Waals surface area (Å²) in [5.74, 6) is 0.345. The Morgan fingerprint density at radius 3 is 2.50 bits per heavy atom. The van der Waals surface area contributed by atoms with Gasteiger partial charge in [-0.05, 0) is 5.56 Å². The minimum atomic E-state index is -0.358. The smallest absolute Gasteiger partial charge is 0.320 e. The van der Waals surface area contributed by atoms with Crippen molar-refractivity contribution in [3.8, 4) is 11.3 Å². The molecule has 116 valence electrons. The number of rotatable bonds is 5. The third-order valence-corrected chi connectivity index (χ3v) is 2.98. The van der Waals surface area contributed by atoms with E-state index in [-0.39, 0.29) is 11.9 Å². The molecule has 7 heteroatoms. The van der Waals surface area contributed by atoms with E-state index in [0.717, 1.165) is 11.3 Å². The van der Waals surface area contributed by atoms with Crippen molar-refractivity contribution in [2.75, 3.05) is 18.4 Å². The predicted octanol–water partition coefficient (Wildman–Crippen LogP) is 1.34. The van der Waals surface area contributed by atoms with E-state index in [2.05, 4.69) is 21.0 Å². The molecule has 0 atom stereocenters. The third kappa shape index (κ3) is 4.34. The van der Waals surface area contributed by atoms with Gasteiger partial charge in [-0.3, -0.25) is 14.8 Å². The Morgan fingerprint density at radius 2 is 1.82 bits per heavy atom. The summed E-state index contributed by atoms with van der Waals surface area (Å²) in [5, 5.41) is 12.2. The normalized spacial score (nSPS) is 10.1. The Labute approximate surface area is 128 Å². The van der Waals surface area contributed by atoms with E-state index < -0.39 is 0 Å². The molecule has 2 aromatic rings. The van der Waals surface area contributed by atoms with Crippen LogP contribution in [0.15, 0.2) is 36.4 Å². The number of carbonyl (C=O) groups excluding carboxylic acids is 2. The Hall–Kier alpha value is -2.83. The number of urea groups is 1. The highest BCUT2D eigenvalue weighted by molar-refractivity contribution is 5.88. The molecule has 1 aromatic heterocycles. The van der Waals surface area contributed by atoms with Crippen molar-refractivity contribution in [3.63, 3.8) is 0 Å². The lowest BCUT2D eigenvalue weighted by atomic mass is 10.1. The summed E-state index contributed by atoms with van der Waals surface area (Å²) in [7, 11) is 1.82. The van der Waals surface area contributed by atoms with Gasteiger partial charge in [-0.1, -0.05) is 30.3 Å². The van der Waals surface area contributed by atoms with Crippen LogP contribution in [0.5, 0.6) is 0 Å². The zero-order valence-electron chi connectivity index (χ0n) is 12.6. The number of nitrogens with zero attached hydrogens (tertiary/aromatic N) is 2. The fourth-order valence-corrected chi connectivity index (χ4v) is 1.98. The summed E-state index contributed by atoms with van der Waals surface area (Å²) in [5.41, 5.74) is 1.94. The first-order valence-electron chi connectivity index (χ1n) is 6.95. The number of amides is 3. The van der Waals surface area contributed by atoms with Crippen molar-refractivity contribution in [2.45, 2.75) is 6.92 Å². The SMILES string of the molecule is CC(=O)NCCNC(=O)Nc1cc(-c2ccccc2)n(C)n1. The molecule has 0 radical (unpaired) electrons. The maximum absolute atomic E-state index is 11.7. The van der Waals surface area contributed by atoms with E-state index in [1.807, 2.05) is 43.4 Å². The molecule has 0 aliphatic rings. The van der Waals surface area contributed by atoms with E-state index >= 15 is 0 Å². The van der Waals surface area contributed by atoms with Gasteiger partial charge < -0.3 is 10.6 Å². The number of aryl methyl sites for hydroxylation is 1. The monoisotopic (exact) mass is 301 g/mol. The van der Waals surface area contributed by atoms with Gasteiger partial charge in [-0.2, -0.15) is 5.10 Å². The average Bonchev–Trinajstić information content (AvgIpc) is 2.85. The number of hydrogen-bond acceptors (Lipinski definition) is 3. The maximum atomic E-state index is 11.7. The number of aromatic nitrogens is 2. The summed E-state index contributed by atoms with van der Waals surface area (Å²) >= 11 is 0. The van der Waals surface area contributed by atoms with Gasteiger partial charge in [0.1, 0.15) is 0 Å². The van der Waals surface area contributed by atoms with Gasteiger partial charge in [0.15, 0.2) is 5.82 Å². The number of anilines is 1. The number of carbonyl (C=O) groups is 2. The van der Waals surface area contributed by atoms with Crippen LogP contribution in [0.1, 0.15) is 6.92 Å². The first-order chi connectivity index (χ1) is 10.6. The van der Waals surface area contributed by atoms with Gasteiger partial charge in [0.25, 0.3) is 0 Å². The van der Waals surface area contributed by atoms with Crippen molar-refractivity contribution in [2.24, 2.45) is 7.05 Å². The van der Waals surface area contributed by atoms with E-state index in [9.17, 15) is 9.59 Å². The molecular formula is C15H19N5O2. The molecular weight excluding hydrogens is 282 g/mol. The Morgan fingerprint density at radius 1 is 1.14 bits per heavy atom. The van der Waals surface area contributed by atoms with Crippen LogP contribution < -0.4 is 16.0 Å². The fourth-order valence-electron chi connectivity index (χ4n) is 1.98. The van der Waals surface area contributed by atoms with E-state index in [0.29, 0.717) is 18.9 Å². The zero-order valence-corrected chi connectivity index (χ0v) is 12.6. The molecule has 0 spiro atoms. The largest absolute Gasteiger partial charge is 0.355 e. The van der Waals surface area contributed by atoms with Crippen LogP contribution in [0.3, 0.4) is 0 Å². The summed E-state index contributed by atoms with van der Waals surface area (Å²) in [6.07, 6.45) is 0. The Bertz CT molecular complexity index is 651. The third-order valence-electron chi connectivity index (χ3n) is 2.98. The van der Waals surface area contributed by atoms with Crippen LogP contribution in [0.25, 0.3) is 11.3 Å². The highest BCUT2D eigenvalue weighted by Crippen LogP contribution is 2.21. The van der Waals surface area contributed by atoms with Gasteiger partial charge in [0.2, 0.25) is 5.91 Å². The van der Waals surface area contributed by atoms with Crippen molar-refractivity contribution in [3.05, 3.63) is 36.4 Å². The first kappa shape index (κ1) is 15.6. The van der Waals surface area contributed by atoms with Crippen LogP contribution in [0.2, 0.25) is 0 Å². The lowest BCUT2D eigenvalue weighted by Crippen LogP contribution is -2.36. The van der Waals surface area contributed by atoms with Crippen molar-refractivity contribution >= 4 is 17.8 Å². The number of benzene rings is 1. The molecule has 3 amide bonds. The lowest BCUT2D eigenvalue weighted by Gasteiger charge is -2.05. The predicted molar refractivity (Wildman–Crippen MR) is 84.3 cm³/mol. The van der Waals surface area contributed by atoms with Crippen LogP contribution in [0.4, 0.5) is 10.6 Å². The quantitative estimate of drug-likeness (QED) is 0.728. The molecule has 1 heterocycles. The van der Waals surface area contributed by atoms with E-state index in [4.69, 9.17) is 0 Å². The van der Waals surface area contributed by atoms with Gasteiger partial charge in [-0.15, -0.1) is 0 Å². The second kappa shape index (κ2) is 7.26. The highest BCUT2D eigenvalue weighted by Gasteiger charge is 2.09. The van der Waals surface area contributed by atoms with Crippen molar-refractivity contribution in [1.29, 1.82) is 0 Å². The molecule has 0 aliphatic heterocycles. The standard InChI is InChI=1S/C15H19N5O2/c1-11(21)16-8-9-17-15(22)18-14-10-13(20(2)19-14)12-6-4-3-5-7-12/h3-7,10H,8-9H2,1-2H3,(H,16,21)(H2,17,18,19,22). The van der Waals surface area contributed by atoms with Gasteiger partial charge in [0.05, 0.1) is 5.69 Å². The second-order valence-electron chi connectivity index (χ2n) is 4.77. The minimum Gasteiger partial charge on any atom is -0.355 e. The van der Waals surface area contributed by atoms with Crippen LogP contribution in [-0.4, -0.2) is 34.8 Å². The van der Waals surface area contributed by atoms with Gasteiger partial charge in [0, 0.05) is 33.1 Å². The fraction of sp³-hybridized carbons (Fsp3) is 0.267. The summed E-state index contributed by atoms with van der Waals surface area (Å²) in [6.45, 7) is 2.17. The average molecular weight is 301 g/mol. The molecule has 0 fully saturated rings. The Kier molecular flexibility index (Phi) is 5.13. The zero-order chi connectivity index (χ0) is 15.9. The topological polar surface area (TPSA) is 88.0 Å². The number of nitrogens with one attached hydrogen (secondary N) is 3. The molecule has 2 rings (SSSR count). The number of hydrogen-bond donors (Lipinski definition) is 3. The minimum absolute atomic E-state index is 0.126. The highest BCUT2D eigenvalue weighted by atomic mass is 16.2. The van der Waals surface area contributed by atoms with Crippen molar-refractivity contribution in [1.82, 2.24) is 20.4 Å². The molecule has 0 saturated heterocycles. The molecule has 22 heavy (non-hydrogen) atoms. The summed E-state index contributed by atoms with van der Waals surface area (Å²) < 4.78 is 1.71. The summed E-state index contributed by atoms with van der Waals surface area (Å²) in [4.78, 5) is 22.4. The van der Waals surface area contributed by atoms with Crippen molar-refractivity contribution < 1.29 is 9.59 Å². The molecule has 1 aromatic carbocycles. The van der Waals surface area contributed by atoms with Gasteiger partial charge in [-0.25, -0.2) is 4.79 Å². The maximum Gasteiger partial charge on any atom is 0.320 e. The molecule has 0 aliphatic carbocycles. The van der Waals surface area contributed by atoms with Gasteiger partial charge >= 0.3 is 6.03 Å². The second-order valence-corrected chi connectivity index (χ2v) is 4.77. The first-order valence-corrected chi connectivity index (χ1v) is 6.95. The summed E-state index contributed by atoms with van der Waals surface area (Å²) in [6, 6.07) is 11.3. The molecule has 0 bridgehead atoms. The molecule has 0 saturated carbocycles. The molecule has 3 N–H and O–H groups in total. The lowest BCUT2D eigenvalue weighted by molar-refractivity contribution is -0.118. The molecule has 0 unspecified atom stereocenters. The van der Waals surface area contributed by atoms with Crippen LogP contribution in [-0.2, 0) is 11.8 Å². The van der Waals surface area contributed by atoms with E-state index in [1.165, 1.54) is 6.92 Å². The Balaban J connectivity index is 1.91. The molecule has 7 nitrogen and oxygen atoms in total. The van der Waals surface area contributed by atoms with E-state index in [1.54, 1.807) is 4.68 Å². The van der Waals surface area contributed by atoms with Crippen LogP contribution >= 0.6 is 0 Å².